The van der Waals surface area contributed by atoms with Crippen LogP contribution in [0, 0.1) is 22.0 Å². The zero-order valence-electron chi connectivity index (χ0n) is 13.2. The third-order valence-electron chi connectivity index (χ3n) is 4.64. The molecule has 0 amide bonds. The first kappa shape index (κ1) is 15.3. The summed E-state index contributed by atoms with van der Waals surface area (Å²) in [5.41, 5.74) is 0.695. The van der Waals surface area contributed by atoms with Crippen molar-refractivity contribution >= 4 is 17.3 Å². The molecule has 0 radical (unpaired) electrons. The smallest absolute Gasteiger partial charge is 0.269 e. The van der Waals surface area contributed by atoms with Crippen LogP contribution in [0.5, 0.6) is 11.5 Å². The molecular weight excluding hydrogens is 326 g/mol. The quantitative estimate of drug-likeness (QED) is 0.483. The highest BCUT2D eigenvalue weighted by molar-refractivity contribution is 6.11. The number of nitro benzene ring substituents is 1. The number of Topliss-reactive ketones (excluding diaryl/α,β-unsaturated/α-hetero) is 2. The van der Waals surface area contributed by atoms with Crippen molar-refractivity contribution in [3.8, 4) is 11.5 Å². The lowest BCUT2D eigenvalue weighted by atomic mass is 10.0. The standard InChI is InChI=1S/C18H13NO6/c1-24-11-6-7-12-13(8-11)25-18-14(15(18)17(12)21)16(20)9-2-4-10(5-3-9)19(22)23/h2-8,14-15,18H,1H3/t14-,15-,18-/m0/s1. The Bertz CT molecular complexity index is 904. The van der Waals surface area contributed by atoms with E-state index in [1.807, 2.05) is 0 Å². The monoisotopic (exact) mass is 339 g/mol. The number of fused-ring (bicyclic) bond motifs is 2. The number of nitrogens with zero attached hydrogens (tertiary/aromatic N) is 1. The average molecular weight is 339 g/mol. The maximum absolute atomic E-state index is 12.6. The van der Waals surface area contributed by atoms with Crippen LogP contribution in [0.4, 0.5) is 5.69 Å². The highest BCUT2D eigenvalue weighted by atomic mass is 16.6. The van der Waals surface area contributed by atoms with Crippen molar-refractivity contribution in [2.75, 3.05) is 7.11 Å². The summed E-state index contributed by atoms with van der Waals surface area (Å²) in [6, 6.07) is 10.3. The Balaban J connectivity index is 1.58. The third kappa shape index (κ3) is 2.36. The number of ketones is 2. The molecule has 2 aromatic carbocycles. The summed E-state index contributed by atoms with van der Waals surface area (Å²) in [6.07, 6.45) is -0.491. The highest BCUT2D eigenvalue weighted by Crippen LogP contribution is 2.51. The number of carbonyl (C=O) groups excluding carboxylic acids is 2. The number of rotatable bonds is 4. The summed E-state index contributed by atoms with van der Waals surface area (Å²) in [5, 5.41) is 10.7. The summed E-state index contributed by atoms with van der Waals surface area (Å²) in [5.74, 6) is -0.420. The van der Waals surface area contributed by atoms with E-state index in [9.17, 15) is 19.7 Å². The molecule has 0 aromatic heterocycles. The molecule has 2 aromatic rings. The molecule has 1 saturated carbocycles. The highest BCUT2D eigenvalue weighted by Gasteiger charge is 2.63. The van der Waals surface area contributed by atoms with Gasteiger partial charge in [0.2, 0.25) is 0 Å². The van der Waals surface area contributed by atoms with Gasteiger partial charge in [-0.15, -0.1) is 0 Å². The number of ether oxygens (including phenoxy) is 2. The number of nitro groups is 1. The van der Waals surface area contributed by atoms with Gasteiger partial charge in [0.15, 0.2) is 11.6 Å². The van der Waals surface area contributed by atoms with Crippen molar-refractivity contribution in [1.82, 2.24) is 0 Å². The zero-order valence-corrected chi connectivity index (χ0v) is 13.2. The minimum atomic E-state index is -0.563. The van der Waals surface area contributed by atoms with Crippen LogP contribution in [0.2, 0.25) is 0 Å². The van der Waals surface area contributed by atoms with E-state index < -0.39 is 22.9 Å². The molecule has 1 aliphatic carbocycles. The predicted octanol–water partition coefficient (Wildman–Crippen LogP) is 2.68. The fourth-order valence-corrected chi connectivity index (χ4v) is 3.25. The molecule has 0 saturated heterocycles. The number of hydrogen-bond acceptors (Lipinski definition) is 6. The fourth-order valence-electron chi connectivity index (χ4n) is 3.25. The maximum atomic E-state index is 12.6. The van der Waals surface area contributed by atoms with E-state index in [4.69, 9.17) is 9.47 Å². The van der Waals surface area contributed by atoms with Gasteiger partial charge in [-0.3, -0.25) is 19.7 Å². The Hall–Kier alpha value is -3.22. The van der Waals surface area contributed by atoms with Crippen molar-refractivity contribution in [3.63, 3.8) is 0 Å². The van der Waals surface area contributed by atoms with Gasteiger partial charge in [0.05, 0.1) is 29.4 Å². The molecule has 4 rings (SSSR count). The lowest BCUT2D eigenvalue weighted by Crippen LogP contribution is -2.17. The minimum Gasteiger partial charge on any atom is -0.497 e. The molecule has 0 bridgehead atoms. The van der Waals surface area contributed by atoms with Crippen LogP contribution in [-0.4, -0.2) is 29.7 Å². The van der Waals surface area contributed by atoms with Gasteiger partial charge in [0.1, 0.15) is 17.6 Å². The van der Waals surface area contributed by atoms with Crippen molar-refractivity contribution in [1.29, 1.82) is 0 Å². The van der Waals surface area contributed by atoms with Gasteiger partial charge in [-0.05, 0) is 24.3 Å². The van der Waals surface area contributed by atoms with Crippen LogP contribution >= 0.6 is 0 Å². The Morgan fingerprint density at radius 3 is 2.56 bits per heavy atom. The van der Waals surface area contributed by atoms with E-state index in [1.165, 1.54) is 31.4 Å². The van der Waals surface area contributed by atoms with E-state index in [-0.39, 0.29) is 17.3 Å². The van der Waals surface area contributed by atoms with Gasteiger partial charge in [-0.25, -0.2) is 0 Å². The summed E-state index contributed by atoms with van der Waals surface area (Å²) in [4.78, 5) is 35.4. The van der Waals surface area contributed by atoms with Crippen LogP contribution in [0.15, 0.2) is 42.5 Å². The van der Waals surface area contributed by atoms with Gasteiger partial charge in [-0.2, -0.15) is 0 Å². The van der Waals surface area contributed by atoms with Crippen LogP contribution in [-0.2, 0) is 0 Å². The minimum absolute atomic E-state index is 0.0865. The third-order valence-corrected chi connectivity index (χ3v) is 4.64. The largest absolute Gasteiger partial charge is 0.497 e. The second-order valence-corrected chi connectivity index (χ2v) is 6.03. The van der Waals surface area contributed by atoms with Gasteiger partial charge in [0.25, 0.3) is 5.69 Å². The first-order valence-corrected chi connectivity index (χ1v) is 7.69. The van der Waals surface area contributed by atoms with Gasteiger partial charge in [0, 0.05) is 23.8 Å². The molecule has 0 spiro atoms. The maximum Gasteiger partial charge on any atom is 0.269 e. The summed E-state index contributed by atoms with van der Waals surface area (Å²) in [6.45, 7) is 0. The number of methoxy groups -OCH3 is 1. The molecule has 0 N–H and O–H groups in total. The van der Waals surface area contributed by atoms with E-state index in [0.29, 0.717) is 22.6 Å². The van der Waals surface area contributed by atoms with E-state index in [0.717, 1.165) is 0 Å². The number of carbonyl (C=O) groups is 2. The van der Waals surface area contributed by atoms with Crippen molar-refractivity contribution in [3.05, 3.63) is 63.7 Å². The van der Waals surface area contributed by atoms with Gasteiger partial charge < -0.3 is 9.47 Å². The first-order chi connectivity index (χ1) is 12.0. The zero-order chi connectivity index (χ0) is 17.7. The second kappa shape index (κ2) is 5.41. The first-order valence-electron chi connectivity index (χ1n) is 7.69. The summed E-state index contributed by atoms with van der Waals surface area (Å²) < 4.78 is 10.9. The van der Waals surface area contributed by atoms with Crippen LogP contribution in [0.25, 0.3) is 0 Å². The molecule has 126 valence electrons. The summed E-state index contributed by atoms with van der Waals surface area (Å²) in [7, 11) is 1.52. The van der Waals surface area contributed by atoms with Crippen molar-refractivity contribution in [2.24, 2.45) is 11.8 Å². The Morgan fingerprint density at radius 2 is 1.92 bits per heavy atom. The van der Waals surface area contributed by atoms with Crippen molar-refractivity contribution < 1.29 is 24.0 Å². The molecule has 7 heteroatoms. The summed E-state index contributed by atoms with van der Waals surface area (Å²) >= 11 is 0. The van der Waals surface area contributed by atoms with E-state index in [2.05, 4.69) is 0 Å². The van der Waals surface area contributed by atoms with Crippen LogP contribution < -0.4 is 9.47 Å². The van der Waals surface area contributed by atoms with Crippen molar-refractivity contribution in [2.45, 2.75) is 6.10 Å². The molecule has 1 fully saturated rings. The van der Waals surface area contributed by atoms with E-state index in [1.54, 1.807) is 18.2 Å². The van der Waals surface area contributed by atoms with Gasteiger partial charge in [-0.1, -0.05) is 0 Å². The predicted molar refractivity (Wildman–Crippen MR) is 86.1 cm³/mol. The molecule has 0 unspecified atom stereocenters. The number of benzene rings is 2. The fraction of sp³-hybridized carbons (Fsp3) is 0.222. The molecule has 3 atom stereocenters. The van der Waals surface area contributed by atoms with Crippen LogP contribution in [0.1, 0.15) is 20.7 Å². The normalized spacial score (nSPS) is 23.1. The molecule has 25 heavy (non-hydrogen) atoms. The average Bonchev–Trinajstić information content (AvgIpc) is 3.35. The Labute approximate surface area is 142 Å². The Kier molecular flexibility index (Phi) is 3.31. The molecule has 1 aliphatic heterocycles. The Morgan fingerprint density at radius 1 is 1.20 bits per heavy atom. The lowest BCUT2D eigenvalue weighted by Gasteiger charge is -2.15. The molecule has 1 heterocycles. The number of hydrogen-bond donors (Lipinski definition) is 0. The van der Waals surface area contributed by atoms with E-state index >= 15 is 0 Å². The molecular formula is C18H13NO6. The SMILES string of the molecule is COc1ccc2c(c1)O[C@H]1[C@H](C(=O)c3ccc([N+](=O)[O-])cc3)[C@H]1C2=O. The lowest BCUT2D eigenvalue weighted by molar-refractivity contribution is -0.384. The number of non-ortho nitro benzene ring substituents is 1. The second-order valence-electron chi connectivity index (χ2n) is 6.03. The molecule has 2 aliphatic rings. The molecule has 7 nitrogen and oxygen atoms in total. The van der Waals surface area contributed by atoms with Gasteiger partial charge >= 0.3 is 0 Å². The topological polar surface area (TPSA) is 95.7 Å². The van der Waals surface area contributed by atoms with Crippen LogP contribution in [0.3, 0.4) is 0 Å².